The molecule has 0 radical (unpaired) electrons. The van der Waals surface area contributed by atoms with Crippen molar-refractivity contribution in [3.63, 3.8) is 0 Å². The maximum absolute atomic E-state index is 11.6. The van der Waals surface area contributed by atoms with Gasteiger partial charge in [-0.1, -0.05) is 12.1 Å². The lowest BCUT2D eigenvalue weighted by Crippen LogP contribution is -2.36. The minimum Gasteiger partial charge on any atom is -0.325 e. The third-order valence-electron chi connectivity index (χ3n) is 1.76. The first-order chi connectivity index (χ1) is 6.88. The van der Waals surface area contributed by atoms with Crippen molar-refractivity contribution in [2.24, 2.45) is 5.73 Å². The number of carbonyl (C=O) groups is 1. The minimum atomic E-state index is -0.468. The molecule has 0 atom stereocenters. The Kier molecular flexibility index (Phi) is 4.10. The Labute approximate surface area is 104 Å². The van der Waals surface area contributed by atoms with E-state index in [9.17, 15) is 4.79 Å². The molecule has 0 fully saturated rings. The maximum atomic E-state index is 11.6. The summed E-state index contributed by atoms with van der Waals surface area (Å²) < 4.78 is 1.03. The molecule has 0 aliphatic carbocycles. The Bertz CT molecular complexity index is 358. The van der Waals surface area contributed by atoms with Gasteiger partial charge in [0.2, 0.25) is 5.91 Å². The molecular formula is C11H15IN2O. The number of nitrogens with one attached hydrogen (secondary N) is 1. The van der Waals surface area contributed by atoms with Crippen LogP contribution in [0.1, 0.15) is 20.3 Å². The van der Waals surface area contributed by atoms with Gasteiger partial charge in [-0.3, -0.25) is 4.79 Å². The van der Waals surface area contributed by atoms with Gasteiger partial charge in [0.25, 0.3) is 0 Å². The van der Waals surface area contributed by atoms with Crippen LogP contribution in [0.15, 0.2) is 24.3 Å². The van der Waals surface area contributed by atoms with Crippen LogP contribution in [0.3, 0.4) is 0 Å². The molecular weight excluding hydrogens is 303 g/mol. The normalized spacial score (nSPS) is 11.2. The highest BCUT2D eigenvalue weighted by Crippen LogP contribution is 2.17. The Hall–Kier alpha value is -0.620. The van der Waals surface area contributed by atoms with Gasteiger partial charge in [-0.05, 0) is 48.6 Å². The highest BCUT2D eigenvalue weighted by Gasteiger charge is 2.16. The fourth-order valence-electron chi connectivity index (χ4n) is 1.17. The van der Waals surface area contributed by atoms with E-state index >= 15 is 0 Å². The third-order valence-corrected chi connectivity index (χ3v) is 2.70. The van der Waals surface area contributed by atoms with Gasteiger partial charge in [0.1, 0.15) is 0 Å². The quantitative estimate of drug-likeness (QED) is 0.841. The van der Waals surface area contributed by atoms with Crippen LogP contribution < -0.4 is 11.1 Å². The van der Waals surface area contributed by atoms with Crippen molar-refractivity contribution in [2.45, 2.75) is 25.8 Å². The Morgan fingerprint density at radius 1 is 1.47 bits per heavy atom. The number of benzene rings is 1. The van der Waals surface area contributed by atoms with E-state index in [0.29, 0.717) is 6.42 Å². The van der Waals surface area contributed by atoms with Gasteiger partial charge in [-0.25, -0.2) is 0 Å². The van der Waals surface area contributed by atoms with Crippen molar-refractivity contribution in [1.82, 2.24) is 0 Å². The predicted octanol–water partition coefficient (Wildman–Crippen LogP) is 2.36. The molecule has 1 aromatic carbocycles. The number of amides is 1. The average Bonchev–Trinajstić information content (AvgIpc) is 2.05. The molecule has 0 bridgehead atoms. The van der Waals surface area contributed by atoms with Crippen LogP contribution >= 0.6 is 22.6 Å². The zero-order valence-corrected chi connectivity index (χ0v) is 11.0. The molecule has 1 aromatic rings. The fourth-order valence-corrected chi connectivity index (χ4v) is 1.69. The van der Waals surface area contributed by atoms with Gasteiger partial charge in [-0.15, -0.1) is 0 Å². The van der Waals surface area contributed by atoms with E-state index in [1.54, 1.807) is 0 Å². The standard InChI is InChI=1S/C11H15IN2O/c1-11(2,13)7-10(15)14-9-6-4-3-5-8(9)12/h3-6H,7,13H2,1-2H3,(H,14,15). The van der Waals surface area contributed by atoms with Crippen molar-refractivity contribution < 1.29 is 4.79 Å². The van der Waals surface area contributed by atoms with Crippen molar-refractivity contribution in [3.8, 4) is 0 Å². The molecule has 0 heterocycles. The van der Waals surface area contributed by atoms with Crippen LogP contribution in [-0.4, -0.2) is 11.4 Å². The smallest absolute Gasteiger partial charge is 0.226 e. The first-order valence-electron chi connectivity index (χ1n) is 4.72. The van der Waals surface area contributed by atoms with Crippen molar-refractivity contribution >= 4 is 34.2 Å². The van der Waals surface area contributed by atoms with E-state index in [1.807, 2.05) is 38.1 Å². The molecule has 15 heavy (non-hydrogen) atoms. The van der Waals surface area contributed by atoms with E-state index in [4.69, 9.17) is 5.73 Å². The topological polar surface area (TPSA) is 55.1 Å². The lowest BCUT2D eigenvalue weighted by atomic mass is 10.0. The molecule has 0 saturated heterocycles. The SMILES string of the molecule is CC(C)(N)CC(=O)Nc1ccccc1I. The summed E-state index contributed by atoms with van der Waals surface area (Å²) in [6.07, 6.45) is 0.317. The number of hydrogen-bond donors (Lipinski definition) is 2. The first kappa shape index (κ1) is 12.4. The van der Waals surface area contributed by atoms with Crippen molar-refractivity contribution in [3.05, 3.63) is 27.8 Å². The molecule has 82 valence electrons. The number of nitrogens with two attached hydrogens (primary N) is 1. The zero-order valence-electron chi connectivity index (χ0n) is 8.88. The molecule has 1 rings (SSSR count). The Morgan fingerprint density at radius 2 is 2.07 bits per heavy atom. The molecule has 1 amide bonds. The van der Waals surface area contributed by atoms with E-state index in [1.165, 1.54) is 0 Å². The second-order valence-corrected chi connectivity index (χ2v) is 5.36. The molecule has 0 aliphatic rings. The molecule has 4 heteroatoms. The van der Waals surface area contributed by atoms with Crippen molar-refractivity contribution in [1.29, 1.82) is 0 Å². The molecule has 0 aromatic heterocycles. The maximum Gasteiger partial charge on any atom is 0.226 e. The van der Waals surface area contributed by atoms with Gasteiger partial charge < -0.3 is 11.1 Å². The van der Waals surface area contributed by atoms with E-state index < -0.39 is 5.54 Å². The van der Waals surface area contributed by atoms with Crippen LogP contribution in [0.25, 0.3) is 0 Å². The number of para-hydroxylation sites is 1. The summed E-state index contributed by atoms with van der Waals surface area (Å²) in [6, 6.07) is 7.66. The van der Waals surface area contributed by atoms with Gasteiger partial charge in [0.05, 0.1) is 5.69 Å². The zero-order chi connectivity index (χ0) is 11.5. The lowest BCUT2D eigenvalue weighted by molar-refractivity contribution is -0.117. The molecule has 3 N–H and O–H groups in total. The minimum absolute atomic E-state index is 0.0494. The second kappa shape index (κ2) is 4.94. The number of carbonyl (C=O) groups excluding carboxylic acids is 1. The van der Waals surface area contributed by atoms with Gasteiger partial charge >= 0.3 is 0 Å². The van der Waals surface area contributed by atoms with Gasteiger partial charge in [0.15, 0.2) is 0 Å². The number of hydrogen-bond acceptors (Lipinski definition) is 2. The summed E-state index contributed by atoms with van der Waals surface area (Å²) in [6.45, 7) is 3.67. The van der Waals surface area contributed by atoms with Crippen LogP contribution in [0.5, 0.6) is 0 Å². The summed E-state index contributed by atoms with van der Waals surface area (Å²) in [4.78, 5) is 11.6. The average molecular weight is 318 g/mol. The molecule has 0 aliphatic heterocycles. The highest BCUT2D eigenvalue weighted by atomic mass is 127. The van der Waals surface area contributed by atoms with E-state index in [2.05, 4.69) is 27.9 Å². The van der Waals surface area contributed by atoms with Crippen LogP contribution in [0.4, 0.5) is 5.69 Å². The summed E-state index contributed by atoms with van der Waals surface area (Å²) in [7, 11) is 0. The molecule has 0 unspecified atom stereocenters. The fraction of sp³-hybridized carbons (Fsp3) is 0.364. The van der Waals surface area contributed by atoms with E-state index in [0.717, 1.165) is 9.26 Å². The second-order valence-electron chi connectivity index (χ2n) is 4.19. The lowest BCUT2D eigenvalue weighted by Gasteiger charge is -2.17. The van der Waals surface area contributed by atoms with Crippen molar-refractivity contribution in [2.75, 3.05) is 5.32 Å². The Morgan fingerprint density at radius 3 is 2.60 bits per heavy atom. The summed E-state index contributed by atoms with van der Waals surface area (Å²) >= 11 is 2.19. The number of rotatable bonds is 3. The van der Waals surface area contributed by atoms with Gasteiger partial charge in [0, 0.05) is 15.5 Å². The molecule has 0 spiro atoms. The predicted molar refractivity (Wildman–Crippen MR) is 70.7 cm³/mol. The highest BCUT2D eigenvalue weighted by molar-refractivity contribution is 14.1. The third kappa shape index (κ3) is 4.61. The van der Waals surface area contributed by atoms with Gasteiger partial charge in [-0.2, -0.15) is 0 Å². The monoisotopic (exact) mass is 318 g/mol. The molecule has 0 saturated carbocycles. The first-order valence-corrected chi connectivity index (χ1v) is 5.79. The number of halogens is 1. The largest absolute Gasteiger partial charge is 0.325 e. The summed E-state index contributed by atoms with van der Waals surface area (Å²) in [5.41, 5.74) is 6.14. The van der Waals surface area contributed by atoms with Crippen LogP contribution in [0.2, 0.25) is 0 Å². The Balaban J connectivity index is 2.64. The van der Waals surface area contributed by atoms with Crippen LogP contribution in [0, 0.1) is 3.57 Å². The van der Waals surface area contributed by atoms with Crippen LogP contribution in [-0.2, 0) is 4.79 Å². The number of anilines is 1. The molecule has 3 nitrogen and oxygen atoms in total. The summed E-state index contributed by atoms with van der Waals surface area (Å²) in [5, 5.41) is 2.84. The van der Waals surface area contributed by atoms with E-state index in [-0.39, 0.29) is 5.91 Å². The summed E-state index contributed by atoms with van der Waals surface area (Å²) in [5.74, 6) is -0.0494.